The van der Waals surface area contributed by atoms with Crippen molar-refractivity contribution in [1.29, 1.82) is 0 Å². The molecule has 122 valence electrons. The van der Waals surface area contributed by atoms with Gasteiger partial charge in [-0.15, -0.1) is 11.3 Å². The molecule has 0 amide bonds. The van der Waals surface area contributed by atoms with Crippen LogP contribution in [-0.2, 0) is 12.8 Å². The van der Waals surface area contributed by atoms with Crippen LogP contribution in [0.5, 0.6) is 0 Å². The van der Waals surface area contributed by atoms with E-state index >= 15 is 0 Å². The molecule has 2 heterocycles. The normalized spacial score (nSPS) is 11.0. The van der Waals surface area contributed by atoms with Crippen molar-refractivity contribution in [2.45, 2.75) is 26.7 Å². The smallest absolute Gasteiger partial charge is 0.177 e. The molecule has 3 rings (SSSR count). The molecule has 1 aromatic carbocycles. The summed E-state index contributed by atoms with van der Waals surface area (Å²) in [7, 11) is 0. The summed E-state index contributed by atoms with van der Waals surface area (Å²) in [5.41, 5.74) is 3.49. The van der Waals surface area contributed by atoms with Gasteiger partial charge < -0.3 is 0 Å². The van der Waals surface area contributed by atoms with Gasteiger partial charge in [0.15, 0.2) is 5.78 Å². The number of aromatic nitrogens is 1. The van der Waals surface area contributed by atoms with Crippen LogP contribution in [0.4, 0.5) is 0 Å². The van der Waals surface area contributed by atoms with E-state index in [4.69, 9.17) is 0 Å². The minimum absolute atomic E-state index is 0.149. The Bertz CT molecular complexity index is 803. The SMILES string of the molecule is CC(C)Cc1ccc(-c2ccc(C(=O)Cc3cccnc3)s2)cc1. The zero-order valence-corrected chi connectivity index (χ0v) is 14.8. The van der Waals surface area contributed by atoms with Gasteiger partial charge in [0.1, 0.15) is 0 Å². The molecule has 0 aliphatic rings. The Labute approximate surface area is 147 Å². The van der Waals surface area contributed by atoms with Gasteiger partial charge in [0.2, 0.25) is 0 Å². The fraction of sp³-hybridized carbons (Fsp3) is 0.238. The maximum Gasteiger partial charge on any atom is 0.177 e. The van der Waals surface area contributed by atoms with Crippen molar-refractivity contribution in [2.75, 3.05) is 0 Å². The molecule has 0 saturated carbocycles. The maximum atomic E-state index is 12.4. The van der Waals surface area contributed by atoms with Crippen LogP contribution in [0.15, 0.2) is 60.9 Å². The zero-order chi connectivity index (χ0) is 16.9. The van der Waals surface area contributed by atoms with Crippen LogP contribution in [0, 0.1) is 5.92 Å². The predicted octanol–water partition coefficient (Wildman–Crippen LogP) is 5.43. The Balaban J connectivity index is 1.72. The molecule has 3 heteroatoms. The molecular formula is C21H21NOS. The molecule has 0 fully saturated rings. The monoisotopic (exact) mass is 335 g/mol. The van der Waals surface area contributed by atoms with E-state index in [-0.39, 0.29) is 5.78 Å². The standard InChI is InChI=1S/C21H21NOS/c1-15(2)12-16-5-7-18(8-6-16)20-9-10-21(24-20)19(23)13-17-4-3-11-22-14-17/h3-11,14-15H,12-13H2,1-2H3. The van der Waals surface area contributed by atoms with Crippen LogP contribution in [0.25, 0.3) is 10.4 Å². The van der Waals surface area contributed by atoms with Crippen LogP contribution in [-0.4, -0.2) is 10.8 Å². The molecule has 0 saturated heterocycles. The largest absolute Gasteiger partial charge is 0.293 e. The number of ketones is 1. The molecular weight excluding hydrogens is 314 g/mol. The Hall–Kier alpha value is -2.26. The first-order valence-corrected chi connectivity index (χ1v) is 9.04. The lowest BCUT2D eigenvalue weighted by Gasteiger charge is -2.05. The fourth-order valence-electron chi connectivity index (χ4n) is 2.69. The topological polar surface area (TPSA) is 30.0 Å². The summed E-state index contributed by atoms with van der Waals surface area (Å²) in [5.74, 6) is 0.810. The number of carbonyl (C=O) groups is 1. The zero-order valence-electron chi connectivity index (χ0n) is 14.0. The number of rotatable bonds is 6. The third-order valence-electron chi connectivity index (χ3n) is 3.85. The van der Waals surface area contributed by atoms with Gasteiger partial charge in [-0.25, -0.2) is 0 Å². The molecule has 0 atom stereocenters. The van der Waals surface area contributed by atoms with E-state index in [9.17, 15) is 4.79 Å². The van der Waals surface area contributed by atoms with E-state index in [1.165, 1.54) is 11.1 Å². The molecule has 0 spiro atoms. The summed E-state index contributed by atoms with van der Waals surface area (Å²) in [6, 6.07) is 16.4. The Morgan fingerprint density at radius 2 is 1.83 bits per heavy atom. The second-order valence-electron chi connectivity index (χ2n) is 6.42. The molecule has 2 aromatic heterocycles. The van der Waals surface area contributed by atoms with Crippen molar-refractivity contribution in [2.24, 2.45) is 5.92 Å². The first-order valence-electron chi connectivity index (χ1n) is 8.23. The number of benzene rings is 1. The van der Waals surface area contributed by atoms with Crippen molar-refractivity contribution in [3.05, 3.63) is 76.9 Å². The Morgan fingerprint density at radius 1 is 1.04 bits per heavy atom. The van der Waals surface area contributed by atoms with Crippen LogP contribution >= 0.6 is 11.3 Å². The summed E-state index contributed by atoms with van der Waals surface area (Å²) >= 11 is 1.56. The summed E-state index contributed by atoms with van der Waals surface area (Å²) in [5, 5.41) is 0. The lowest BCUT2D eigenvalue weighted by atomic mass is 10.0. The van der Waals surface area contributed by atoms with Crippen LogP contribution in [0.2, 0.25) is 0 Å². The lowest BCUT2D eigenvalue weighted by Crippen LogP contribution is -2.01. The first kappa shape index (κ1) is 16.6. The van der Waals surface area contributed by atoms with Gasteiger partial charge in [0.25, 0.3) is 0 Å². The van der Waals surface area contributed by atoms with E-state index < -0.39 is 0 Å². The number of nitrogens with zero attached hydrogens (tertiary/aromatic N) is 1. The predicted molar refractivity (Wildman–Crippen MR) is 101 cm³/mol. The van der Waals surface area contributed by atoms with Crippen molar-refractivity contribution < 1.29 is 4.79 Å². The van der Waals surface area contributed by atoms with E-state index in [0.717, 1.165) is 21.7 Å². The number of thiophene rings is 1. The third-order valence-corrected chi connectivity index (χ3v) is 5.03. The fourth-order valence-corrected chi connectivity index (χ4v) is 3.64. The first-order chi connectivity index (χ1) is 11.6. The molecule has 0 aliphatic carbocycles. The molecule has 0 N–H and O–H groups in total. The number of hydrogen-bond donors (Lipinski definition) is 0. The second kappa shape index (κ2) is 7.54. The Morgan fingerprint density at radius 3 is 2.50 bits per heavy atom. The van der Waals surface area contributed by atoms with Gasteiger partial charge >= 0.3 is 0 Å². The highest BCUT2D eigenvalue weighted by molar-refractivity contribution is 7.17. The van der Waals surface area contributed by atoms with Gasteiger partial charge in [-0.3, -0.25) is 9.78 Å². The van der Waals surface area contributed by atoms with Crippen molar-refractivity contribution >= 4 is 17.1 Å². The van der Waals surface area contributed by atoms with Gasteiger partial charge in [0.05, 0.1) is 4.88 Å². The molecule has 0 aliphatic heterocycles. The minimum Gasteiger partial charge on any atom is -0.293 e. The van der Waals surface area contributed by atoms with Crippen LogP contribution in [0.1, 0.15) is 34.6 Å². The maximum absolute atomic E-state index is 12.4. The number of pyridine rings is 1. The van der Waals surface area contributed by atoms with E-state index in [1.807, 2.05) is 24.3 Å². The van der Waals surface area contributed by atoms with Crippen molar-refractivity contribution in [1.82, 2.24) is 4.98 Å². The van der Waals surface area contributed by atoms with Crippen molar-refractivity contribution in [3.63, 3.8) is 0 Å². The molecule has 0 radical (unpaired) electrons. The highest BCUT2D eigenvalue weighted by atomic mass is 32.1. The molecule has 2 nitrogen and oxygen atoms in total. The Kier molecular flexibility index (Phi) is 5.21. The average Bonchev–Trinajstić information content (AvgIpc) is 3.06. The summed E-state index contributed by atoms with van der Waals surface area (Å²) in [4.78, 5) is 18.4. The minimum atomic E-state index is 0.149. The lowest BCUT2D eigenvalue weighted by molar-refractivity contribution is 0.0996. The molecule has 24 heavy (non-hydrogen) atoms. The van der Waals surface area contributed by atoms with Crippen molar-refractivity contribution in [3.8, 4) is 10.4 Å². The summed E-state index contributed by atoms with van der Waals surface area (Å²) in [6.45, 7) is 4.46. The van der Waals surface area contributed by atoms with E-state index in [1.54, 1.807) is 23.7 Å². The average molecular weight is 335 g/mol. The molecule has 3 aromatic rings. The van der Waals surface area contributed by atoms with E-state index in [0.29, 0.717) is 12.3 Å². The second-order valence-corrected chi connectivity index (χ2v) is 7.50. The van der Waals surface area contributed by atoms with Gasteiger partial charge in [-0.1, -0.05) is 44.2 Å². The van der Waals surface area contributed by atoms with Gasteiger partial charge in [-0.2, -0.15) is 0 Å². The highest BCUT2D eigenvalue weighted by Gasteiger charge is 2.11. The quantitative estimate of drug-likeness (QED) is 0.562. The number of hydrogen-bond acceptors (Lipinski definition) is 3. The molecule has 0 bridgehead atoms. The van der Waals surface area contributed by atoms with Gasteiger partial charge in [-0.05, 0) is 47.2 Å². The number of Topliss-reactive ketones (excluding diaryl/α,β-unsaturated/α-hetero) is 1. The third kappa shape index (κ3) is 4.18. The van der Waals surface area contributed by atoms with Crippen LogP contribution in [0.3, 0.4) is 0 Å². The summed E-state index contributed by atoms with van der Waals surface area (Å²) in [6.07, 6.45) is 4.97. The van der Waals surface area contributed by atoms with Crippen LogP contribution < -0.4 is 0 Å². The van der Waals surface area contributed by atoms with Gasteiger partial charge in [0, 0.05) is 23.7 Å². The van der Waals surface area contributed by atoms with E-state index in [2.05, 4.69) is 43.1 Å². The number of carbonyl (C=O) groups excluding carboxylic acids is 1. The molecule has 0 unspecified atom stereocenters. The highest BCUT2D eigenvalue weighted by Crippen LogP contribution is 2.29. The summed E-state index contributed by atoms with van der Waals surface area (Å²) < 4.78 is 0.